The first kappa shape index (κ1) is 19.6. The number of rotatable bonds is 6. The maximum absolute atomic E-state index is 11.9. The normalized spacial score (nSPS) is 17.5. The van der Waals surface area contributed by atoms with E-state index in [0.717, 1.165) is 25.9 Å². The molecule has 2 rings (SSSR count). The lowest BCUT2D eigenvalue weighted by atomic mass is 10.1. The molecule has 1 aliphatic heterocycles. The van der Waals surface area contributed by atoms with Crippen LogP contribution in [0.1, 0.15) is 26.7 Å². The van der Waals surface area contributed by atoms with Crippen molar-refractivity contribution in [2.75, 3.05) is 30.8 Å². The minimum atomic E-state index is -1.15. The molecular weight excluding hydrogens is 345 g/mol. The SMILES string of the molecule is CC.O=S(NCCCl)N1CCC(Nc2ncc(Cl)cn2)CC1. The van der Waals surface area contributed by atoms with Crippen molar-refractivity contribution in [3.8, 4) is 0 Å². The molecule has 0 radical (unpaired) electrons. The first-order valence-corrected chi connectivity index (χ1v) is 9.41. The van der Waals surface area contributed by atoms with Crippen molar-refractivity contribution < 1.29 is 4.21 Å². The van der Waals surface area contributed by atoms with Crippen LogP contribution in [0.5, 0.6) is 0 Å². The second-order valence-electron chi connectivity index (χ2n) is 4.40. The van der Waals surface area contributed by atoms with E-state index >= 15 is 0 Å². The van der Waals surface area contributed by atoms with Gasteiger partial charge in [-0.15, -0.1) is 11.6 Å². The van der Waals surface area contributed by atoms with Gasteiger partial charge < -0.3 is 5.32 Å². The monoisotopic (exact) mass is 367 g/mol. The molecule has 1 aromatic heterocycles. The summed E-state index contributed by atoms with van der Waals surface area (Å²) in [5.74, 6) is 1.03. The quantitative estimate of drug-likeness (QED) is 0.757. The average molecular weight is 368 g/mol. The first-order chi connectivity index (χ1) is 10.7. The second kappa shape index (κ2) is 11.1. The van der Waals surface area contributed by atoms with Crippen LogP contribution in [0.3, 0.4) is 0 Å². The van der Waals surface area contributed by atoms with E-state index in [9.17, 15) is 4.21 Å². The fourth-order valence-corrected chi connectivity index (χ4v) is 3.26. The molecule has 0 aliphatic carbocycles. The fourth-order valence-electron chi connectivity index (χ4n) is 1.95. The molecule has 0 spiro atoms. The maximum Gasteiger partial charge on any atom is 0.222 e. The molecule has 1 aliphatic rings. The topological polar surface area (TPSA) is 70.2 Å². The van der Waals surface area contributed by atoms with Crippen LogP contribution in [-0.4, -0.2) is 50.0 Å². The summed E-state index contributed by atoms with van der Waals surface area (Å²) in [5.41, 5.74) is 0. The smallest absolute Gasteiger partial charge is 0.222 e. The van der Waals surface area contributed by atoms with Gasteiger partial charge in [-0.05, 0) is 12.8 Å². The number of hydrogen-bond donors (Lipinski definition) is 2. The van der Waals surface area contributed by atoms with Crippen molar-refractivity contribution in [1.29, 1.82) is 0 Å². The van der Waals surface area contributed by atoms with Gasteiger partial charge in [0.15, 0.2) is 11.2 Å². The second-order valence-corrected chi connectivity index (χ2v) is 6.52. The molecule has 2 N–H and O–H groups in total. The molecule has 0 amide bonds. The number of anilines is 1. The molecule has 1 saturated heterocycles. The third-order valence-electron chi connectivity index (χ3n) is 2.96. The van der Waals surface area contributed by atoms with Crippen LogP contribution < -0.4 is 10.0 Å². The highest BCUT2D eigenvalue weighted by Crippen LogP contribution is 2.15. The van der Waals surface area contributed by atoms with Crippen molar-refractivity contribution in [3.63, 3.8) is 0 Å². The lowest BCUT2D eigenvalue weighted by Gasteiger charge is -2.31. The number of hydrogen-bond acceptors (Lipinski definition) is 4. The van der Waals surface area contributed by atoms with Crippen molar-refractivity contribution in [3.05, 3.63) is 17.4 Å². The van der Waals surface area contributed by atoms with Crippen LogP contribution >= 0.6 is 23.2 Å². The number of aromatic nitrogens is 2. The number of halogens is 2. The van der Waals surface area contributed by atoms with Crippen LogP contribution in [0, 0.1) is 0 Å². The summed E-state index contributed by atoms with van der Waals surface area (Å²) in [4.78, 5) is 8.22. The van der Waals surface area contributed by atoms with Crippen LogP contribution in [0.4, 0.5) is 5.95 Å². The highest BCUT2D eigenvalue weighted by atomic mass is 35.5. The third kappa shape index (κ3) is 6.75. The Kier molecular flexibility index (Phi) is 9.90. The summed E-state index contributed by atoms with van der Waals surface area (Å²) in [7, 11) is 0. The van der Waals surface area contributed by atoms with E-state index in [1.165, 1.54) is 0 Å². The highest BCUT2D eigenvalue weighted by molar-refractivity contribution is 7.80. The van der Waals surface area contributed by atoms with Crippen LogP contribution in [0.25, 0.3) is 0 Å². The number of piperidine rings is 1. The van der Waals surface area contributed by atoms with Crippen LogP contribution in [0.15, 0.2) is 12.4 Å². The summed E-state index contributed by atoms with van der Waals surface area (Å²) in [6, 6.07) is 0.289. The Morgan fingerprint density at radius 3 is 2.45 bits per heavy atom. The largest absolute Gasteiger partial charge is 0.351 e. The van der Waals surface area contributed by atoms with Gasteiger partial charge in [-0.1, -0.05) is 25.4 Å². The Balaban J connectivity index is 0.00000116. The fraction of sp³-hybridized carbons (Fsp3) is 0.692. The molecule has 1 atom stereocenters. The van der Waals surface area contributed by atoms with Gasteiger partial charge in [-0.25, -0.2) is 23.2 Å². The molecule has 0 bridgehead atoms. The lowest BCUT2D eigenvalue weighted by Crippen LogP contribution is -2.44. The summed E-state index contributed by atoms with van der Waals surface area (Å²) >= 11 is 10.2. The van der Waals surface area contributed by atoms with Gasteiger partial charge in [0.05, 0.1) is 17.4 Å². The van der Waals surface area contributed by atoms with E-state index in [2.05, 4.69) is 20.0 Å². The molecule has 1 aromatic rings. The van der Waals surface area contributed by atoms with E-state index in [1.807, 2.05) is 18.2 Å². The Morgan fingerprint density at radius 1 is 1.32 bits per heavy atom. The minimum absolute atomic E-state index is 0.289. The molecule has 1 fully saturated rings. The molecule has 126 valence electrons. The summed E-state index contributed by atoms with van der Waals surface area (Å²) in [6.45, 7) is 6.06. The van der Waals surface area contributed by atoms with Crippen LogP contribution in [0.2, 0.25) is 5.02 Å². The van der Waals surface area contributed by atoms with Gasteiger partial charge in [0, 0.05) is 31.6 Å². The lowest BCUT2D eigenvalue weighted by molar-refractivity contribution is 0.342. The maximum atomic E-state index is 11.9. The van der Waals surface area contributed by atoms with Crippen LogP contribution in [-0.2, 0) is 11.2 Å². The minimum Gasteiger partial charge on any atom is -0.351 e. The molecule has 22 heavy (non-hydrogen) atoms. The molecule has 1 unspecified atom stereocenters. The Bertz CT molecular complexity index is 441. The predicted octanol–water partition coefficient (Wildman–Crippen LogP) is 2.44. The zero-order valence-corrected chi connectivity index (χ0v) is 15.2. The molecule has 0 saturated carbocycles. The van der Waals surface area contributed by atoms with Gasteiger partial charge in [-0.3, -0.25) is 0 Å². The average Bonchev–Trinajstić information content (AvgIpc) is 2.57. The van der Waals surface area contributed by atoms with E-state index in [-0.39, 0.29) is 6.04 Å². The summed E-state index contributed by atoms with van der Waals surface area (Å²) < 4.78 is 16.7. The molecule has 0 aromatic carbocycles. The van der Waals surface area contributed by atoms with Gasteiger partial charge >= 0.3 is 0 Å². The molecule has 9 heteroatoms. The highest BCUT2D eigenvalue weighted by Gasteiger charge is 2.23. The van der Waals surface area contributed by atoms with E-state index < -0.39 is 11.2 Å². The zero-order valence-electron chi connectivity index (χ0n) is 12.9. The van der Waals surface area contributed by atoms with Gasteiger partial charge in [-0.2, -0.15) is 0 Å². The molecular formula is C13H23Cl2N5OS. The Hall–Kier alpha value is -0.470. The first-order valence-electron chi connectivity index (χ1n) is 7.39. The Morgan fingerprint density at radius 2 is 1.91 bits per heavy atom. The van der Waals surface area contributed by atoms with Gasteiger partial charge in [0.25, 0.3) is 0 Å². The summed E-state index contributed by atoms with van der Waals surface area (Å²) in [5, 5.41) is 3.78. The zero-order chi connectivity index (χ0) is 16.4. The van der Waals surface area contributed by atoms with Gasteiger partial charge in [0.1, 0.15) is 0 Å². The summed E-state index contributed by atoms with van der Waals surface area (Å²) in [6.07, 6.45) is 4.91. The Labute approximate surface area is 144 Å². The third-order valence-corrected chi connectivity index (χ3v) is 4.63. The van der Waals surface area contributed by atoms with Gasteiger partial charge in [0.2, 0.25) is 5.95 Å². The van der Waals surface area contributed by atoms with E-state index in [4.69, 9.17) is 23.2 Å². The van der Waals surface area contributed by atoms with E-state index in [0.29, 0.717) is 23.4 Å². The number of nitrogens with one attached hydrogen (secondary N) is 2. The van der Waals surface area contributed by atoms with E-state index in [1.54, 1.807) is 12.4 Å². The number of nitrogens with zero attached hydrogens (tertiary/aromatic N) is 3. The molecule has 6 nitrogen and oxygen atoms in total. The van der Waals surface area contributed by atoms with Crippen molar-refractivity contribution >= 4 is 40.3 Å². The van der Waals surface area contributed by atoms with Crippen molar-refractivity contribution in [1.82, 2.24) is 19.0 Å². The van der Waals surface area contributed by atoms with Crippen molar-refractivity contribution in [2.45, 2.75) is 32.7 Å². The molecule has 2 heterocycles. The standard InChI is InChI=1S/C11H17Cl2N5OS.C2H6/c12-3-4-16-20(19)18-5-1-10(2-6-18)17-11-14-7-9(13)8-15-11;1-2/h7-8,10,16H,1-6H2,(H,14,15,17);1-2H3. The van der Waals surface area contributed by atoms with Crippen molar-refractivity contribution in [2.24, 2.45) is 0 Å². The number of alkyl halides is 1. The predicted molar refractivity (Wildman–Crippen MR) is 93.5 cm³/mol.